The maximum atomic E-state index is 2.44. The fraction of sp³-hybridized carbons (Fsp3) is 1.00. The highest BCUT2D eigenvalue weighted by atomic mass is 14.1. The lowest BCUT2D eigenvalue weighted by molar-refractivity contribution is 0.394. The van der Waals surface area contributed by atoms with Gasteiger partial charge in [0.15, 0.2) is 0 Å². The van der Waals surface area contributed by atoms with Crippen LogP contribution in [-0.4, -0.2) is 0 Å². The Balaban J connectivity index is 3.31. The molecule has 0 rings (SSSR count). The number of hydrogen-bond donors (Lipinski definition) is 0. The van der Waals surface area contributed by atoms with E-state index >= 15 is 0 Å². The van der Waals surface area contributed by atoms with Crippen LogP contribution in [0.3, 0.4) is 0 Å². The fourth-order valence-electron chi connectivity index (χ4n) is 2.86. The molecule has 0 aliphatic rings. The van der Waals surface area contributed by atoms with Gasteiger partial charge in [-0.25, -0.2) is 0 Å². The summed E-state index contributed by atoms with van der Waals surface area (Å²) in [6, 6.07) is 0. The molecule has 0 amide bonds. The van der Waals surface area contributed by atoms with Crippen LogP contribution in [0.4, 0.5) is 0 Å². The minimum atomic E-state index is 0.879. The quantitative estimate of drug-likeness (QED) is 0.307. The second-order valence-electron chi connectivity index (χ2n) is 8.14. The molecule has 0 radical (unpaired) electrons. The van der Waals surface area contributed by atoms with Gasteiger partial charge in [0.05, 0.1) is 0 Å². The standard InChI is InChI=1S/C20H42/c1-17(2)13-15-19(5)11-9-7-8-10-12-20(6)16-14-18(3)4/h17-20H,7-16H2,1-6H3. The molecule has 0 aromatic carbocycles. The lowest BCUT2D eigenvalue weighted by atomic mass is 9.92. The molecule has 2 unspecified atom stereocenters. The van der Waals surface area contributed by atoms with Crippen LogP contribution in [-0.2, 0) is 0 Å². The van der Waals surface area contributed by atoms with Crippen molar-refractivity contribution >= 4 is 0 Å². The first-order valence-electron chi connectivity index (χ1n) is 9.41. The van der Waals surface area contributed by atoms with Gasteiger partial charge in [0.1, 0.15) is 0 Å². The highest BCUT2D eigenvalue weighted by molar-refractivity contribution is 4.58. The molecule has 0 fully saturated rings. The van der Waals surface area contributed by atoms with E-state index in [9.17, 15) is 0 Å². The molecule has 0 spiro atoms. The van der Waals surface area contributed by atoms with Crippen molar-refractivity contribution < 1.29 is 0 Å². The van der Waals surface area contributed by atoms with Crippen LogP contribution >= 0.6 is 0 Å². The Hall–Kier alpha value is 0. The summed E-state index contributed by atoms with van der Waals surface area (Å²) in [4.78, 5) is 0. The average Bonchev–Trinajstić information content (AvgIpc) is 2.37. The van der Waals surface area contributed by atoms with E-state index in [1.165, 1.54) is 64.2 Å². The number of unbranched alkanes of at least 4 members (excludes halogenated alkanes) is 3. The minimum absolute atomic E-state index is 0.879. The zero-order valence-corrected chi connectivity index (χ0v) is 15.4. The van der Waals surface area contributed by atoms with Gasteiger partial charge in [0, 0.05) is 0 Å². The van der Waals surface area contributed by atoms with Crippen LogP contribution < -0.4 is 0 Å². The van der Waals surface area contributed by atoms with E-state index in [1.807, 2.05) is 0 Å². The molecule has 0 aromatic rings. The normalized spacial score (nSPS) is 15.0. The van der Waals surface area contributed by atoms with Crippen LogP contribution in [0.25, 0.3) is 0 Å². The van der Waals surface area contributed by atoms with E-state index in [4.69, 9.17) is 0 Å². The average molecular weight is 283 g/mol. The summed E-state index contributed by atoms with van der Waals surface area (Å²) in [6.07, 6.45) is 14.4. The maximum absolute atomic E-state index is 2.44. The first-order valence-corrected chi connectivity index (χ1v) is 9.41. The molecule has 0 N–H and O–H groups in total. The lowest BCUT2D eigenvalue weighted by Crippen LogP contribution is -1.99. The van der Waals surface area contributed by atoms with Crippen molar-refractivity contribution in [3.8, 4) is 0 Å². The second-order valence-corrected chi connectivity index (χ2v) is 8.14. The first-order chi connectivity index (χ1) is 9.41. The molecule has 2 atom stereocenters. The maximum Gasteiger partial charge on any atom is -0.0443 e. The van der Waals surface area contributed by atoms with E-state index in [0.717, 1.165) is 23.7 Å². The van der Waals surface area contributed by atoms with E-state index < -0.39 is 0 Å². The lowest BCUT2D eigenvalue weighted by Gasteiger charge is -2.14. The molecule has 0 aliphatic heterocycles. The molecule has 0 aromatic heterocycles. The van der Waals surface area contributed by atoms with Gasteiger partial charge >= 0.3 is 0 Å². The van der Waals surface area contributed by atoms with Gasteiger partial charge in [-0.05, 0) is 23.7 Å². The summed E-state index contributed by atoms with van der Waals surface area (Å²) in [7, 11) is 0. The predicted molar refractivity (Wildman–Crippen MR) is 94.2 cm³/mol. The third-order valence-corrected chi connectivity index (χ3v) is 4.62. The van der Waals surface area contributed by atoms with Crippen molar-refractivity contribution in [1.82, 2.24) is 0 Å². The molecule has 0 heterocycles. The van der Waals surface area contributed by atoms with Crippen molar-refractivity contribution in [2.45, 2.75) is 106 Å². The van der Waals surface area contributed by atoms with E-state index in [-0.39, 0.29) is 0 Å². The van der Waals surface area contributed by atoms with Gasteiger partial charge in [0.2, 0.25) is 0 Å². The Bertz CT molecular complexity index is 170. The molecule has 0 saturated carbocycles. The number of rotatable bonds is 13. The molecular weight excluding hydrogens is 240 g/mol. The third kappa shape index (κ3) is 14.4. The van der Waals surface area contributed by atoms with Gasteiger partial charge in [0.25, 0.3) is 0 Å². The predicted octanol–water partition coefficient (Wildman–Crippen LogP) is 7.47. The van der Waals surface area contributed by atoms with Crippen molar-refractivity contribution in [1.29, 1.82) is 0 Å². The van der Waals surface area contributed by atoms with Crippen LogP contribution in [0.15, 0.2) is 0 Å². The van der Waals surface area contributed by atoms with Gasteiger partial charge in [-0.15, -0.1) is 0 Å². The van der Waals surface area contributed by atoms with Gasteiger partial charge in [-0.3, -0.25) is 0 Å². The van der Waals surface area contributed by atoms with E-state index in [0.29, 0.717) is 0 Å². The van der Waals surface area contributed by atoms with Crippen molar-refractivity contribution in [3.63, 3.8) is 0 Å². The Labute approximate surface area is 130 Å². The Kier molecular flexibility index (Phi) is 12.7. The molecule has 0 bridgehead atoms. The molecule has 122 valence electrons. The van der Waals surface area contributed by atoms with Crippen molar-refractivity contribution in [2.75, 3.05) is 0 Å². The minimum Gasteiger partial charge on any atom is -0.0628 e. The summed E-state index contributed by atoms with van der Waals surface area (Å²) >= 11 is 0. The van der Waals surface area contributed by atoms with Gasteiger partial charge in [-0.1, -0.05) is 106 Å². The Morgan fingerprint density at radius 3 is 1.05 bits per heavy atom. The zero-order chi connectivity index (χ0) is 15.4. The summed E-state index contributed by atoms with van der Waals surface area (Å²) in [5.74, 6) is 3.65. The molecule has 0 aliphatic carbocycles. The highest BCUT2D eigenvalue weighted by Crippen LogP contribution is 2.20. The SMILES string of the molecule is CC(C)CCC(C)CCCCCCC(C)CCC(C)C. The monoisotopic (exact) mass is 282 g/mol. The zero-order valence-electron chi connectivity index (χ0n) is 15.4. The Morgan fingerprint density at radius 1 is 0.400 bits per heavy atom. The fourth-order valence-corrected chi connectivity index (χ4v) is 2.86. The smallest absolute Gasteiger partial charge is 0.0443 e. The summed E-state index contributed by atoms with van der Waals surface area (Å²) < 4.78 is 0. The summed E-state index contributed by atoms with van der Waals surface area (Å²) in [5.41, 5.74) is 0. The second kappa shape index (κ2) is 12.7. The molecule has 0 heteroatoms. The summed E-state index contributed by atoms with van der Waals surface area (Å²) in [5, 5.41) is 0. The van der Waals surface area contributed by atoms with E-state index in [2.05, 4.69) is 41.5 Å². The van der Waals surface area contributed by atoms with Crippen molar-refractivity contribution in [3.05, 3.63) is 0 Å². The van der Waals surface area contributed by atoms with E-state index in [1.54, 1.807) is 0 Å². The topological polar surface area (TPSA) is 0 Å². The third-order valence-electron chi connectivity index (χ3n) is 4.62. The summed E-state index contributed by atoms with van der Waals surface area (Å²) in [6.45, 7) is 14.2. The van der Waals surface area contributed by atoms with Gasteiger partial charge < -0.3 is 0 Å². The molecule has 0 nitrogen and oxygen atoms in total. The molecule has 20 heavy (non-hydrogen) atoms. The molecular formula is C20H42. The molecule has 0 saturated heterocycles. The highest BCUT2D eigenvalue weighted by Gasteiger charge is 2.05. The van der Waals surface area contributed by atoms with Gasteiger partial charge in [-0.2, -0.15) is 0 Å². The van der Waals surface area contributed by atoms with Crippen LogP contribution in [0.1, 0.15) is 106 Å². The first kappa shape index (κ1) is 20.0. The Morgan fingerprint density at radius 2 is 0.750 bits per heavy atom. The van der Waals surface area contributed by atoms with Crippen LogP contribution in [0, 0.1) is 23.7 Å². The number of hydrogen-bond acceptors (Lipinski definition) is 0. The van der Waals surface area contributed by atoms with Crippen molar-refractivity contribution in [2.24, 2.45) is 23.7 Å². The van der Waals surface area contributed by atoms with Crippen LogP contribution in [0.5, 0.6) is 0 Å². The van der Waals surface area contributed by atoms with Crippen LogP contribution in [0.2, 0.25) is 0 Å². The largest absolute Gasteiger partial charge is 0.0628 e.